The van der Waals surface area contributed by atoms with Crippen molar-refractivity contribution in [2.75, 3.05) is 0 Å². The first kappa shape index (κ1) is 21.4. The number of nitrogens with zero attached hydrogens (tertiary/aromatic N) is 7. The highest BCUT2D eigenvalue weighted by Gasteiger charge is 2.26. The number of hydrogen-bond acceptors (Lipinski definition) is 6. The van der Waals surface area contributed by atoms with Gasteiger partial charge in [0.2, 0.25) is 0 Å². The van der Waals surface area contributed by atoms with E-state index in [1.807, 2.05) is 24.4 Å². The Morgan fingerprint density at radius 2 is 1.89 bits per heavy atom. The summed E-state index contributed by atoms with van der Waals surface area (Å²) in [6.07, 6.45) is 15.6. The van der Waals surface area contributed by atoms with Crippen molar-refractivity contribution in [3.05, 3.63) is 102 Å². The molecule has 0 fully saturated rings. The number of dihydropyridines is 1. The van der Waals surface area contributed by atoms with E-state index in [-0.39, 0.29) is 0 Å². The van der Waals surface area contributed by atoms with Gasteiger partial charge in [-0.15, -0.1) is 10.2 Å². The van der Waals surface area contributed by atoms with E-state index in [1.165, 1.54) is 11.1 Å². The van der Waals surface area contributed by atoms with Crippen LogP contribution in [0.5, 0.6) is 0 Å². The average Bonchev–Trinajstić information content (AvgIpc) is 3.57. The highest BCUT2D eigenvalue weighted by atomic mass is 15.4. The summed E-state index contributed by atoms with van der Waals surface area (Å²) in [5.41, 5.74) is 5.68. The number of aliphatic imine (C=N–C) groups is 1. The van der Waals surface area contributed by atoms with E-state index in [1.54, 1.807) is 23.5 Å². The maximum atomic E-state index is 4.85. The molecule has 2 aromatic heterocycles. The number of aromatic amines is 1. The number of allylic oxidation sites excluding steroid dienone is 1. The Morgan fingerprint density at radius 1 is 1.03 bits per heavy atom. The molecule has 0 spiro atoms. The highest BCUT2D eigenvalue weighted by Crippen LogP contribution is 2.29. The summed E-state index contributed by atoms with van der Waals surface area (Å²) in [5.74, 6) is 0.988. The Balaban J connectivity index is 1.24. The lowest BCUT2D eigenvalue weighted by Crippen LogP contribution is -2.37. The van der Waals surface area contributed by atoms with Crippen molar-refractivity contribution < 1.29 is 0 Å². The second kappa shape index (κ2) is 9.60. The number of para-hydroxylation sites is 2. The van der Waals surface area contributed by atoms with Crippen molar-refractivity contribution in [2.24, 2.45) is 10.1 Å². The number of benzene rings is 2. The van der Waals surface area contributed by atoms with Crippen LogP contribution in [0.2, 0.25) is 0 Å². The Labute approximate surface area is 203 Å². The molecule has 0 amide bonds. The number of fused-ring (bicyclic) bond motifs is 2. The van der Waals surface area contributed by atoms with Crippen LogP contribution in [0, 0.1) is 0 Å². The van der Waals surface area contributed by atoms with Crippen LogP contribution in [-0.4, -0.2) is 54.3 Å². The average molecular weight is 463 g/mol. The summed E-state index contributed by atoms with van der Waals surface area (Å²) < 4.78 is 1.58. The fourth-order valence-corrected chi connectivity index (χ4v) is 4.73. The molecular weight excluding hydrogens is 436 g/mol. The molecule has 1 aliphatic carbocycles. The van der Waals surface area contributed by atoms with Gasteiger partial charge in [-0.25, -0.2) is 9.66 Å². The van der Waals surface area contributed by atoms with Gasteiger partial charge in [-0.2, -0.15) is 5.10 Å². The first-order valence-electron chi connectivity index (χ1n) is 11.9. The van der Waals surface area contributed by atoms with Gasteiger partial charge in [0.05, 0.1) is 29.8 Å². The quantitative estimate of drug-likeness (QED) is 0.418. The molecule has 8 nitrogen and oxygen atoms in total. The van der Waals surface area contributed by atoms with Crippen LogP contribution in [0.25, 0.3) is 11.0 Å². The van der Waals surface area contributed by atoms with Gasteiger partial charge in [-0.05, 0) is 47.8 Å². The van der Waals surface area contributed by atoms with Crippen molar-refractivity contribution in [3.8, 4) is 0 Å². The fraction of sp³-hybridized carbons (Fsp3) is 0.222. The minimum absolute atomic E-state index is 0.300. The molecule has 3 heterocycles. The zero-order chi connectivity index (χ0) is 23.5. The molecule has 0 saturated carbocycles. The molecular formula is C27H26N8. The van der Waals surface area contributed by atoms with Crippen LogP contribution in [0.15, 0.2) is 95.1 Å². The molecule has 6 rings (SSSR count). The normalized spacial score (nSPS) is 19.5. The topological polar surface area (TPSA) is 87.4 Å². The maximum Gasteiger partial charge on any atom is 0.141 e. The molecule has 4 aromatic rings. The molecule has 8 heteroatoms. The number of rotatable bonds is 7. The Morgan fingerprint density at radius 3 is 2.74 bits per heavy atom. The molecule has 174 valence electrons. The number of nitrogens with one attached hydrogen (secondary N) is 1. The molecule has 0 radical (unpaired) electrons. The van der Waals surface area contributed by atoms with Crippen LogP contribution in [0.3, 0.4) is 0 Å². The van der Waals surface area contributed by atoms with E-state index >= 15 is 0 Å². The molecule has 0 saturated heterocycles. The number of H-pyrrole nitrogens is 1. The van der Waals surface area contributed by atoms with Gasteiger partial charge >= 0.3 is 0 Å². The van der Waals surface area contributed by atoms with Gasteiger partial charge in [0.25, 0.3) is 0 Å². The van der Waals surface area contributed by atoms with Crippen LogP contribution in [0.4, 0.5) is 0 Å². The SMILES string of the molecule is C1=CC2=CC(N(Cc3ccc(C=Nn4cnnc4)cc3)Cc3nc4ccccc4[nH]3)CCC2N=C1. The molecule has 2 atom stereocenters. The van der Waals surface area contributed by atoms with E-state index in [2.05, 4.69) is 78.7 Å². The maximum absolute atomic E-state index is 4.85. The molecule has 0 bridgehead atoms. The third-order valence-corrected chi connectivity index (χ3v) is 6.52. The zero-order valence-corrected chi connectivity index (χ0v) is 19.3. The summed E-state index contributed by atoms with van der Waals surface area (Å²) in [5, 5.41) is 11.9. The van der Waals surface area contributed by atoms with Gasteiger partial charge in [0.15, 0.2) is 0 Å². The van der Waals surface area contributed by atoms with E-state index in [0.717, 1.165) is 48.4 Å². The van der Waals surface area contributed by atoms with Crippen LogP contribution in [-0.2, 0) is 13.1 Å². The largest absolute Gasteiger partial charge is 0.341 e. The van der Waals surface area contributed by atoms with E-state index in [0.29, 0.717) is 12.1 Å². The van der Waals surface area contributed by atoms with Crippen LogP contribution in [0.1, 0.15) is 29.8 Å². The Bertz CT molecular complexity index is 1380. The first-order valence-corrected chi connectivity index (χ1v) is 11.9. The van der Waals surface area contributed by atoms with Gasteiger partial charge in [0, 0.05) is 18.8 Å². The Hall–Kier alpha value is -4.17. The molecule has 1 N–H and O–H groups in total. The Kier molecular flexibility index (Phi) is 5.86. The lowest BCUT2D eigenvalue weighted by atomic mass is 9.89. The smallest absolute Gasteiger partial charge is 0.141 e. The lowest BCUT2D eigenvalue weighted by molar-refractivity contribution is 0.188. The minimum atomic E-state index is 0.300. The van der Waals surface area contributed by atoms with Crippen molar-refractivity contribution in [2.45, 2.75) is 38.0 Å². The number of imidazole rings is 1. The highest BCUT2D eigenvalue weighted by molar-refractivity contribution is 5.79. The fourth-order valence-electron chi connectivity index (χ4n) is 4.73. The van der Waals surface area contributed by atoms with Gasteiger partial charge in [-0.1, -0.05) is 48.6 Å². The summed E-state index contributed by atoms with van der Waals surface area (Å²) in [7, 11) is 0. The standard InChI is InChI=1S/C27H26N8/c1-2-6-26-25(5-1)32-27(33-26)17-34(23-11-12-24-22(14-23)4-3-13-28-24)16-21-9-7-20(8-10-21)15-31-35-18-29-30-19-35/h1-10,13-15,18-19,23-24H,11-12,16-17H2,(H,32,33). The van der Waals surface area contributed by atoms with Crippen molar-refractivity contribution >= 4 is 23.5 Å². The summed E-state index contributed by atoms with van der Waals surface area (Å²) >= 11 is 0. The van der Waals surface area contributed by atoms with Gasteiger partial charge in [-0.3, -0.25) is 9.89 Å². The molecule has 1 aliphatic heterocycles. The molecule has 2 unspecified atom stereocenters. The summed E-state index contributed by atoms with van der Waals surface area (Å²) in [6, 6.07) is 17.3. The second-order valence-electron chi connectivity index (χ2n) is 8.92. The lowest BCUT2D eigenvalue weighted by Gasteiger charge is -2.34. The van der Waals surface area contributed by atoms with Crippen molar-refractivity contribution in [1.29, 1.82) is 0 Å². The molecule has 2 aliphatic rings. The van der Waals surface area contributed by atoms with Crippen LogP contribution >= 0.6 is 0 Å². The summed E-state index contributed by atoms with van der Waals surface area (Å²) in [4.78, 5) is 15.5. The minimum Gasteiger partial charge on any atom is -0.341 e. The van der Waals surface area contributed by atoms with Crippen LogP contribution < -0.4 is 0 Å². The van der Waals surface area contributed by atoms with E-state index in [9.17, 15) is 0 Å². The third kappa shape index (κ3) is 4.88. The van der Waals surface area contributed by atoms with Crippen molar-refractivity contribution in [1.82, 2.24) is 29.7 Å². The molecule has 2 aromatic carbocycles. The predicted molar refractivity (Wildman–Crippen MR) is 137 cm³/mol. The van der Waals surface area contributed by atoms with E-state index < -0.39 is 0 Å². The monoisotopic (exact) mass is 462 g/mol. The zero-order valence-electron chi connectivity index (χ0n) is 19.3. The van der Waals surface area contributed by atoms with Gasteiger partial charge in [0.1, 0.15) is 18.5 Å². The van der Waals surface area contributed by atoms with Gasteiger partial charge < -0.3 is 4.98 Å². The molecule has 35 heavy (non-hydrogen) atoms. The second-order valence-corrected chi connectivity index (χ2v) is 8.92. The number of aromatic nitrogens is 5. The summed E-state index contributed by atoms with van der Waals surface area (Å²) in [6.45, 7) is 1.57. The van der Waals surface area contributed by atoms with Crippen molar-refractivity contribution in [3.63, 3.8) is 0 Å². The predicted octanol–water partition coefficient (Wildman–Crippen LogP) is 4.14. The first-order chi connectivity index (χ1) is 17.3. The van der Waals surface area contributed by atoms with E-state index in [4.69, 9.17) is 4.98 Å². The third-order valence-electron chi connectivity index (χ3n) is 6.52. The number of hydrogen-bond donors (Lipinski definition) is 1.